The van der Waals surface area contributed by atoms with E-state index in [0.717, 1.165) is 32.9 Å². The van der Waals surface area contributed by atoms with Crippen LogP contribution < -0.4 is 4.90 Å². The van der Waals surface area contributed by atoms with Crippen molar-refractivity contribution in [2.24, 2.45) is 0 Å². The second-order valence-corrected chi connectivity index (χ2v) is 8.21. The molecule has 1 aliphatic rings. The van der Waals surface area contributed by atoms with Gasteiger partial charge >= 0.3 is 5.97 Å². The Morgan fingerprint density at radius 2 is 1.96 bits per heavy atom. The molecule has 6 heteroatoms. The number of nitrogens with zero attached hydrogens (tertiary/aromatic N) is 2. The largest absolute Gasteiger partial charge is 0.453 e. The normalized spacial score (nSPS) is 16.8. The van der Waals surface area contributed by atoms with Crippen LogP contribution in [-0.2, 0) is 27.2 Å². The first-order valence-electron chi connectivity index (χ1n) is 9.48. The molecule has 2 aromatic carbocycles. The Morgan fingerprint density at radius 3 is 2.79 bits per heavy atom. The first-order valence-corrected chi connectivity index (χ1v) is 10.3. The first kappa shape index (κ1) is 18.6. The van der Waals surface area contributed by atoms with Gasteiger partial charge in [0.05, 0.1) is 21.6 Å². The molecular weight excluding hydrogens is 372 g/mol. The molecule has 0 radical (unpaired) electrons. The van der Waals surface area contributed by atoms with Crippen LogP contribution in [0.5, 0.6) is 0 Å². The van der Waals surface area contributed by atoms with E-state index in [1.807, 2.05) is 55.5 Å². The summed E-state index contributed by atoms with van der Waals surface area (Å²) in [5.41, 5.74) is 3.01. The van der Waals surface area contributed by atoms with Gasteiger partial charge in [-0.2, -0.15) is 0 Å². The van der Waals surface area contributed by atoms with Crippen molar-refractivity contribution in [2.75, 3.05) is 4.90 Å². The lowest BCUT2D eigenvalue weighted by Crippen LogP contribution is -2.43. The Hall–Kier alpha value is -2.73. The standard InChI is InChI=1S/C22H22N2O3S/c1-14-13-16-7-3-5-9-18(16)24(14)22(26)15(2)27-21(25)12-11-20-23-17-8-4-6-10-19(17)28-20/h3-10,14-15H,11-13H2,1-2H3/t14-,15-/m1/s1. The van der Waals surface area contributed by atoms with Gasteiger partial charge in [-0.3, -0.25) is 9.59 Å². The molecule has 4 rings (SSSR count). The average Bonchev–Trinajstić information content (AvgIpc) is 3.25. The molecular formula is C22H22N2O3S. The molecule has 0 unspecified atom stereocenters. The highest BCUT2D eigenvalue weighted by Gasteiger charge is 2.34. The highest BCUT2D eigenvalue weighted by Crippen LogP contribution is 2.32. The maximum absolute atomic E-state index is 12.9. The molecule has 28 heavy (non-hydrogen) atoms. The molecule has 0 bridgehead atoms. The second kappa shape index (κ2) is 7.72. The molecule has 1 aliphatic heterocycles. The number of anilines is 1. The Balaban J connectivity index is 1.36. The zero-order valence-electron chi connectivity index (χ0n) is 15.9. The van der Waals surface area contributed by atoms with E-state index in [1.165, 1.54) is 0 Å². The molecule has 1 amide bonds. The first-order chi connectivity index (χ1) is 13.5. The minimum absolute atomic E-state index is 0.0637. The van der Waals surface area contributed by atoms with Gasteiger partial charge in [0.25, 0.3) is 5.91 Å². The molecule has 0 aliphatic carbocycles. The van der Waals surface area contributed by atoms with Crippen molar-refractivity contribution in [3.05, 3.63) is 59.1 Å². The number of carbonyl (C=O) groups is 2. The highest BCUT2D eigenvalue weighted by atomic mass is 32.1. The SMILES string of the molecule is C[C@@H]1Cc2ccccc2N1C(=O)[C@@H](C)OC(=O)CCc1nc2ccccc2s1. The summed E-state index contributed by atoms with van der Waals surface area (Å²) < 4.78 is 6.54. The lowest BCUT2D eigenvalue weighted by atomic mass is 10.1. The van der Waals surface area contributed by atoms with E-state index in [-0.39, 0.29) is 24.3 Å². The lowest BCUT2D eigenvalue weighted by molar-refractivity contribution is -0.154. The summed E-state index contributed by atoms with van der Waals surface area (Å²) in [5, 5.41) is 0.902. The molecule has 0 N–H and O–H groups in total. The van der Waals surface area contributed by atoms with Gasteiger partial charge in [0.15, 0.2) is 6.10 Å². The smallest absolute Gasteiger partial charge is 0.306 e. The summed E-state index contributed by atoms with van der Waals surface area (Å²) in [6, 6.07) is 15.8. The van der Waals surface area contributed by atoms with Crippen LogP contribution in [-0.4, -0.2) is 29.0 Å². The van der Waals surface area contributed by atoms with Crippen LogP contribution in [0.15, 0.2) is 48.5 Å². The molecule has 2 heterocycles. The summed E-state index contributed by atoms with van der Waals surface area (Å²) in [7, 11) is 0. The quantitative estimate of drug-likeness (QED) is 0.610. The van der Waals surface area contributed by atoms with Crippen LogP contribution in [0.25, 0.3) is 10.2 Å². The number of amides is 1. The minimum Gasteiger partial charge on any atom is -0.453 e. The van der Waals surface area contributed by atoms with E-state index in [2.05, 4.69) is 4.98 Å². The highest BCUT2D eigenvalue weighted by molar-refractivity contribution is 7.18. The van der Waals surface area contributed by atoms with Crippen molar-refractivity contribution >= 4 is 39.1 Å². The number of carbonyl (C=O) groups excluding carboxylic acids is 2. The Labute approximate surface area is 168 Å². The number of thiazole rings is 1. The van der Waals surface area contributed by atoms with Crippen LogP contribution in [0.4, 0.5) is 5.69 Å². The summed E-state index contributed by atoms with van der Waals surface area (Å²) in [5.74, 6) is -0.550. The van der Waals surface area contributed by atoms with Crippen LogP contribution >= 0.6 is 11.3 Å². The molecule has 2 atom stereocenters. The van der Waals surface area contributed by atoms with Crippen molar-refractivity contribution in [1.82, 2.24) is 4.98 Å². The van der Waals surface area contributed by atoms with Gasteiger partial charge in [0, 0.05) is 18.2 Å². The van der Waals surface area contributed by atoms with E-state index in [1.54, 1.807) is 23.2 Å². The minimum atomic E-state index is -0.809. The second-order valence-electron chi connectivity index (χ2n) is 7.10. The predicted molar refractivity (Wildman–Crippen MR) is 111 cm³/mol. The average molecular weight is 394 g/mol. The number of ether oxygens (including phenoxy) is 1. The van der Waals surface area contributed by atoms with Crippen molar-refractivity contribution in [1.29, 1.82) is 0 Å². The van der Waals surface area contributed by atoms with Gasteiger partial charge in [0.2, 0.25) is 0 Å². The molecule has 5 nitrogen and oxygen atoms in total. The van der Waals surface area contributed by atoms with Crippen molar-refractivity contribution < 1.29 is 14.3 Å². The van der Waals surface area contributed by atoms with Gasteiger partial charge in [-0.15, -0.1) is 11.3 Å². The third-order valence-corrected chi connectivity index (χ3v) is 6.08. The third kappa shape index (κ3) is 3.64. The van der Waals surface area contributed by atoms with Crippen LogP contribution in [0, 0.1) is 0 Å². The van der Waals surface area contributed by atoms with E-state index in [4.69, 9.17) is 4.74 Å². The number of para-hydroxylation sites is 2. The fraction of sp³-hybridized carbons (Fsp3) is 0.318. The summed E-state index contributed by atoms with van der Waals surface area (Å²) in [6.45, 7) is 3.66. The number of benzene rings is 2. The molecule has 0 saturated heterocycles. The van der Waals surface area contributed by atoms with Crippen LogP contribution in [0.2, 0.25) is 0 Å². The predicted octanol–water partition coefficient (Wildman–Crippen LogP) is 4.14. The third-order valence-electron chi connectivity index (χ3n) is 4.98. The summed E-state index contributed by atoms with van der Waals surface area (Å²) >= 11 is 1.58. The topological polar surface area (TPSA) is 59.5 Å². The fourth-order valence-electron chi connectivity index (χ4n) is 3.64. The molecule has 0 spiro atoms. The lowest BCUT2D eigenvalue weighted by Gasteiger charge is -2.25. The number of rotatable bonds is 5. The monoisotopic (exact) mass is 394 g/mol. The molecule has 0 fully saturated rings. The van der Waals surface area contributed by atoms with E-state index < -0.39 is 6.10 Å². The van der Waals surface area contributed by atoms with Gasteiger partial charge in [0.1, 0.15) is 0 Å². The number of hydrogen-bond donors (Lipinski definition) is 0. The number of fused-ring (bicyclic) bond motifs is 2. The fourth-order valence-corrected chi connectivity index (χ4v) is 4.61. The zero-order chi connectivity index (χ0) is 19.7. The Kier molecular flexibility index (Phi) is 5.13. The maximum atomic E-state index is 12.9. The number of aryl methyl sites for hydroxylation is 1. The number of aromatic nitrogens is 1. The van der Waals surface area contributed by atoms with Crippen LogP contribution in [0.1, 0.15) is 30.8 Å². The van der Waals surface area contributed by atoms with E-state index in [0.29, 0.717) is 6.42 Å². The van der Waals surface area contributed by atoms with Gasteiger partial charge in [-0.1, -0.05) is 30.3 Å². The van der Waals surface area contributed by atoms with Crippen LogP contribution in [0.3, 0.4) is 0 Å². The number of hydrogen-bond acceptors (Lipinski definition) is 5. The van der Waals surface area contributed by atoms with E-state index >= 15 is 0 Å². The Morgan fingerprint density at radius 1 is 1.21 bits per heavy atom. The van der Waals surface area contributed by atoms with Gasteiger partial charge in [-0.05, 0) is 44.0 Å². The summed E-state index contributed by atoms with van der Waals surface area (Å²) in [6.07, 6.45) is 0.739. The van der Waals surface area contributed by atoms with Crippen molar-refractivity contribution in [3.63, 3.8) is 0 Å². The Bertz CT molecular complexity index is 996. The zero-order valence-corrected chi connectivity index (χ0v) is 16.7. The molecule has 0 saturated carbocycles. The van der Waals surface area contributed by atoms with Gasteiger partial charge < -0.3 is 9.64 Å². The van der Waals surface area contributed by atoms with Crippen molar-refractivity contribution in [2.45, 2.75) is 45.3 Å². The van der Waals surface area contributed by atoms with Gasteiger partial charge in [-0.25, -0.2) is 4.98 Å². The molecule has 3 aromatic rings. The van der Waals surface area contributed by atoms with Crippen molar-refractivity contribution in [3.8, 4) is 0 Å². The number of esters is 1. The molecule has 1 aromatic heterocycles. The maximum Gasteiger partial charge on any atom is 0.306 e. The van der Waals surface area contributed by atoms with E-state index in [9.17, 15) is 9.59 Å². The summed E-state index contributed by atoms with van der Waals surface area (Å²) in [4.78, 5) is 31.4. The molecule has 144 valence electrons.